The maximum Gasteiger partial charge on any atom is 0.220 e. The van der Waals surface area contributed by atoms with Gasteiger partial charge in [-0.1, -0.05) is 100 Å². The molecule has 3 heteroatoms. The van der Waals surface area contributed by atoms with Crippen molar-refractivity contribution in [2.24, 2.45) is 5.92 Å². The van der Waals surface area contributed by atoms with Crippen molar-refractivity contribution < 1.29 is 9.90 Å². The molecular weight excluding hydrogens is 394 g/mol. The third-order valence-electron chi connectivity index (χ3n) is 4.58. The van der Waals surface area contributed by atoms with Gasteiger partial charge in [0.15, 0.2) is 0 Å². The number of hydrogen-bond acceptors (Lipinski definition) is 2. The van der Waals surface area contributed by atoms with Crippen LogP contribution >= 0.6 is 0 Å². The second-order valence-corrected chi connectivity index (χ2v) is 8.19. The monoisotopic (exact) mass is 439 g/mol. The number of carbonyl (C=O) groups is 1. The molecule has 3 nitrogen and oxygen atoms in total. The molecule has 0 heterocycles. The van der Waals surface area contributed by atoms with Crippen molar-refractivity contribution in [2.75, 3.05) is 0 Å². The van der Waals surface area contributed by atoms with Gasteiger partial charge in [0.2, 0.25) is 5.91 Å². The van der Waals surface area contributed by atoms with Crippen molar-refractivity contribution in [3.05, 3.63) is 85.3 Å². The van der Waals surface area contributed by atoms with Crippen molar-refractivity contribution in [3.8, 4) is 0 Å². The maximum atomic E-state index is 12.0. The fourth-order valence-corrected chi connectivity index (χ4v) is 2.87. The molecule has 32 heavy (non-hydrogen) atoms. The Morgan fingerprint density at radius 2 is 1.19 bits per heavy atom. The summed E-state index contributed by atoms with van der Waals surface area (Å²) in [5.74, 6) is 0.360. The largest absolute Gasteiger partial charge is 0.511 e. The van der Waals surface area contributed by atoms with E-state index in [-0.39, 0.29) is 17.7 Å². The molecule has 0 aromatic carbocycles. The lowest BCUT2D eigenvalue weighted by Crippen LogP contribution is -2.36. The van der Waals surface area contributed by atoms with Gasteiger partial charge in [-0.2, -0.15) is 0 Å². The molecule has 0 aromatic heterocycles. The van der Waals surface area contributed by atoms with E-state index in [4.69, 9.17) is 0 Å². The highest BCUT2D eigenvalue weighted by molar-refractivity contribution is 5.76. The van der Waals surface area contributed by atoms with Crippen LogP contribution < -0.4 is 5.32 Å². The Balaban J connectivity index is 3.79. The third-order valence-corrected chi connectivity index (χ3v) is 4.58. The summed E-state index contributed by atoms with van der Waals surface area (Å²) >= 11 is 0. The van der Waals surface area contributed by atoms with Crippen LogP contribution in [0.2, 0.25) is 0 Å². The Morgan fingerprint density at radius 1 is 0.781 bits per heavy atom. The lowest BCUT2D eigenvalue weighted by molar-refractivity contribution is -0.121. The Kier molecular flexibility index (Phi) is 19.9. The van der Waals surface area contributed by atoms with E-state index < -0.39 is 0 Å². The lowest BCUT2D eigenvalue weighted by Gasteiger charge is -2.19. The third kappa shape index (κ3) is 20.7. The molecule has 0 saturated carbocycles. The average molecular weight is 440 g/mol. The van der Waals surface area contributed by atoms with Gasteiger partial charge in [0, 0.05) is 6.42 Å². The van der Waals surface area contributed by atoms with E-state index in [1.54, 1.807) is 0 Å². The highest BCUT2D eigenvalue weighted by Crippen LogP contribution is 2.10. The summed E-state index contributed by atoms with van der Waals surface area (Å²) in [5.41, 5.74) is 0. The molecule has 1 atom stereocenters. The predicted molar refractivity (Wildman–Crippen MR) is 141 cm³/mol. The van der Waals surface area contributed by atoms with E-state index in [9.17, 15) is 9.90 Å². The normalized spacial score (nSPS) is 13.8. The van der Waals surface area contributed by atoms with Gasteiger partial charge in [0.05, 0.1) is 6.04 Å². The van der Waals surface area contributed by atoms with Gasteiger partial charge in [-0.15, -0.1) is 0 Å². The minimum absolute atomic E-state index is 0.0287. The maximum absolute atomic E-state index is 12.0. The quantitative estimate of drug-likeness (QED) is 0.167. The van der Waals surface area contributed by atoms with Gasteiger partial charge in [-0.05, 0) is 57.3 Å². The van der Waals surface area contributed by atoms with Crippen LogP contribution in [0.15, 0.2) is 85.3 Å². The lowest BCUT2D eigenvalue weighted by atomic mass is 10.0. The minimum Gasteiger partial charge on any atom is -0.511 e. The molecule has 0 radical (unpaired) electrons. The number of aliphatic hydroxyl groups is 1. The van der Waals surface area contributed by atoms with Crippen LogP contribution in [0, 0.1) is 5.92 Å². The number of amides is 1. The molecule has 0 rings (SSSR count). The zero-order valence-electron chi connectivity index (χ0n) is 20.5. The van der Waals surface area contributed by atoms with E-state index in [0.717, 1.165) is 38.5 Å². The van der Waals surface area contributed by atoms with Gasteiger partial charge in [-0.25, -0.2) is 0 Å². The van der Waals surface area contributed by atoms with E-state index in [0.29, 0.717) is 25.2 Å². The van der Waals surface area contributed by atoms with Crippen molar-refractivity contribution in [1.82, 2.24) is 5.32 Å². The van der Waals surface area contributed by atoms with Gasteiger partial charge in [0.25, 0.3) is 0 Å². The molecule has 0 aromatic rings. The first-order chi connectivity index (χ1) is 15.5. The Bertz CT molecular complexity index is 663. The van der Waals surface area contributed by atoms with Crippen LogP contribution in [0.1, 0.15) is 78.6 Å². The van der Waals surface area contributed by atoms with Crippen molar-refractivity contribution in [1.29, 1.82) is 0 Å². The fourth-order valence-electron chi connectivity index (χ4n) is 2.87. The van der Waals surface area contributed by atoms with Crippen molar-refractivity contribution in [2.45, 2.75) is 84.6 Å². The number of carbonyl (C=O) groups excluding carboxylic acids is 1. The molecule has 0 fully saturated rings. The summed E-state index contributed by atoms with van der Waals surface area (Å²) in [6, 6.07) is -0.354. The van der Waals surface area contributed by atoms with Crippen LogP contribution in [-0.2, 0) is 4.79 Å². The van der Waals surface area contributed by atoms with Gasteiger partial charge >= 0.3 is 0 Å². The van der Waals surface area contributed by atoms with Crippen LogP contribution in [0.4, 0.5) is 0 Å². The topological polar surface area (TPSA) is 49.3 Å². The summed E-state index contributed by atoms with van der Waals surface area (Å²) in [6.07, 6.45) is 33.7. The molecule has 1 amide bonds. The number of rotatable bonds is 18. The Labute approximate surface area is 197 Å². The summed E-state index contributed by atoms with van der Waals surface area (Å²) in [6.45, 7) is 9.82. The van der Waals surface area contributed by atoms with Crippen LogP contribution in [0.5, 0.6) is 0 Å². The second-order valence-electron chi connectivity index (χ2n) is 8.19. The van der Waals surface area contributed by atoms with Gasteiger partial charge in [0.1, 0.15) is 5.76 Å². The Hall–Kier alpha value is -2.55. The average Bonchev–Trinajstić information content (AvgIpc) is 2.74. The van der Waals surface area contributed by atoms with Crippen LogP contribution in [0.3, 0.4) is 0 Å². The van der Waals surface area contributed by atoms with Crippen molar-refractivity contribution >= 4 is 5.91 Å². The SMILES string of the molecule is C=C(O)C(CC(C)C)NC(=O)CC/C=C\C/C=C\C/C=C\C/C=C\C/C=C\C/C=C\CC. The van der Waals surface area contributed by atoms with Gasteiger partial charge < -0.3 is 10.4 Å². The molecule has 1 unspecified atom stereocenters. The highest BCUT2D eigenvalue weighted by atomic mass is 16.3. The first-order valence-corrected chi connectivity index (χ1v) is 12.0. The first-order valence-electron chi connectivity index (χ1n) is 12.0. The van der Waals surface area contributed by atoms with Crippen LogP contribution in [0.25, 0.3) is 0 Å². The Morgan fingerprint density at radius 3 is 1.56 bits per heavy atom. The smallest absolute Gasteiger partial charge is 0.220 e. The van der Waals surface area contributed by atoms with Crippen LogP contribution in [-0.4, -0.2) is 17.1 Å². The van der Waals surface area contributed by atoms with E-state index >= 15 is 0 Å². The summed E-state index contributed by atoms with van der Waals surface area (Å²) in [4.78, 5) is 12.0. The molecule has 0 aliphatic carbocycles. The van der Waals surface area contributed by atoms with Gasteiger partial charge in [-0.3, -0.25) is 4.79 Å². The molecule has 0 bridgehead atoms. The minimum atomic E-state index is -0.354. The standard InChI is InChI=1S/C29H45NO2/c1-5-6-7-8-9-10-11-12-13-14-15-16-17-18-19-20-21-22-23-24-29(32)30-28(27(4)31)25-26(2)3/h6-7,9-10,12-13,15-16,18-19,21-22,26,28,31H,4-5,8,11,14,17,20,23-25H2,1-3H3,(H,30,32)/b7-6-,10-9-,13-12-,16-15-,19-18-,22-21-. The molecule has 0 aliphatic rings. The van der Waals surface area contributed by atoms with E-state index in [1.165, 1.54) is 0 Å². The molecule has 0 aliphatic heterocycles. The molecule has 0 saturated heterocycles. The summed E-state index contributed by atoms with van der Waals surface area (Å²) in [5, 5.41) is 12.5. The molecule has 178 valence electrons. The number of nitrogens with one attached hydrogen (secondary N) is 1. The van der Waals surface area contributed by atoms with Crippen molar-refractivity contribution in [3.63, 3.8) is 0 Å². The summed E-state index contributed by atoms with van der Waals surface area (Å²) < 4.78 is 0. The number of hydrogen-bond donors (Lipinski definition) is 2. The zero-order valence-corrected chi connectivity index (χ0v) is 20.5. The fraction of sp³-hybridized carbons (Fsp3) is 0.483. The zero-order chi connectivity index (χ0) is 23.9. The molecule has 2 N–H and O–H groups in total. The van der Waals surface area contributed by atoms with E-state index in [1.807, 2.05) is 6.08 Å². The summed E-state index contributed by atoms with van der Waals surface area (Å²) in [7, 11) is 0. The molecular formula is C29H45NO2. The number of aliphatic hydroxyl groups excluding tert-OH is 1. The van der Waals surface area contributed by atoms with E-state index in [2.05, 4.69) is 99.5 Å². The number of allylic oxidation sites excluding steroid dienone is 12. The predicted octanol–water partition coefficient (Wildman–Crippen LogP) is 8.07. The molecule has 0 spiro atoms. The first kappa shape index (κ1) is 29.5. The highest BCUT2D eigenvalue weighted by Gasteiger charge is 2.15. The second kappa shape index (κ2) is 21.7.